The highest BCUT2D eigenvalue weighted by atomic mass is 16.5. The standard InChI is InChI=1S/C30H33NO5/c1-16(2)14-21(29(35)36-15-22(32)30(3,4)5)31-27(33)25-23-17-10-6-7-11-18(17)24(26(25)28(31)34)20-13-9-8-12-19(20)23/h6-13,16,21,23-26H,14-15H2,1-5H3/t21-,23?,24?,25+,26+/m1/s1. The molecule has 0 N–H and O–H groups in total. The lowest BCUT2D eigenvalue weighted by Crippen LogP contribution is -2.47. The Hall–Kier alpha value is -3.28. The van der Waals surface area contributed by atoms with Crippen molar-refractivity contribution in [3.8, 4) is 0 Å². The van der Waals surface area contributed by atoms with Gasteiger partial charge in [-0.05, 0) is 34.6 Å². The van der Waals surface area contributed by atoms with Crippen molar-refractivity contribution < 1.29 is 23.9 Å². The number of hydrogen-bond acceptors (Lipinski definition) is 5. The van der Waals surface area contributed by atoms with Crippen molar-refractivity contribution in [3.05, 3.63) is 70.8 Å². The van der Waals surface area contributed by atoms with Gasteiger partial charge in [-0.3, -0.25) is 19.3 Å². The van der Waals surface area contributed by atoms with Crippen molar-refractivity contribution in [2.45, 2.75) is 58.9 Å². The molecule has 6 nitrogen and oxygen atoms in total. The summed E-state index contributed by atoms with van der Waals surface area (Å²) in [6, 6.07) is 15.1. The Morgan fingerprint density at radius 3 is 1.61 bits per heavy atom. The van der Waals surface area contributed by atoms with Crippen LogP contribution in [-0.4, -0.2) is 41.1 Å². The molecule has 0 saturated carbocycles. The fourth-order valence-electron chi connectivity index (χ4n) is 6.21. The largest absolute Gasteiger partial charge is 0.456 e. The van der Waals surface area contributed by atoms with E-state index in [1.807, 2.05) is 38.1 Å². The molecular formula is C30H33NO5. The van der Waals surface area contributed by atoms with E-state index in [0.717, 1.165) is 22.3 Å². The summed E-state index contributed by atoms with van der Waals surface area (Å²) in [4.78, 5) is 54.9. The molecule has 0 spiro atoms. The van der Waals surface area contributed by atoms with Crippen LogP contribution in [0.5, 0.6) is 0 Å². The lowest BCUT2D eigenvalue weighted by Gasteiger charge is -2.45. The van der Waals surface area contributed by atoms with Crippen molar-refractivity contribution in [2.75, 3.05) is 6.61 Å². The highest BCUT2D eigenvalue weighted by Gasteiger charge is 2.63. The molecule has 3 aliphatic carbocycles. The van der Waals surface area contributed by atoms with Gasteiger partial charge in [0.1, 0.15) is 6.04 Å². The Bertz CT molecular complexity index is 1140. The minimum Gasteiger partial charge on any atom is -0.456 e. The summed E-state index contributed by atoms with van der Waals surface area (Å²) in [6.45, 7) is 8.79. The highest BCUT2D eigenvalue weighted by Crippen LogP contribution is 2.61. The molecule has 1 aliphatic heterocycles. The van der Waals surface area contributed by atoms with Gasteiger partial charge in [-0.2, -0.15) is 0 Å². The van der Waals surface area contributed by atoms with E-state index in [1.54, 1.807) is 20.8 Å². The predicted octanol–water partition coefficient (Wildman–Crippen LogP) is 4.45. The Balaban J connectivity index is 1.52. The van der Waals surface area contributed by atoms with Crippen LogP contribution in [0.15, 0.2) is 48.5 Å². The van der Waals surface area contributed by atoms with Crippen LogP contribution < -0.4 is 0 Å². The third kappa shape index (κ3) is 3.69. The topological polar surface area (TPSA) is 80.8 Å². The number of hydrogen-bond donors (Lipinski definition) is 0. The number of likely N-dealkylation sites (tertiary alicyclic amines) is 1. The van der Waals surface area contributed by atoms with Crippen LogP contribution in [0, 0.1) is 23.2 Å². The fraction of sp³-hybridized carbons (Fsp3) is 0.467. The van der Waals surface area contributed by atoms with Gasteiger partial charge in [0.15, 0.2) is 12.4 Å². The van der Waals surface area contributed by atoms with Gasteiger partial charge in [-0.1, -0.05) is 83.1 Å². The minimum absolute atomic E-state index is 0.0372. The molecule has 0 unspecified atom stereocenters. The van der Waals surface area contributed by atoms with Gasteiger partial charge in [0, 0.05) is 17.3 Å². The van der Waals surface area contributed by atoms with E-state index in [2.05, 4.69) is 24.3 Å². The monoisotopic (exact) mass is 487 g/mol. The zero-order chi connectivity index (χ0) is 25.9. The first kappa shape index (κ1) is 24.4. The van der Waals surface area contributed by atoms with Gasteiger partial charge in [-0.25, -0.2) is 4.79 Å². The molecule has 4 aliphatic rings. The first-order valence-corrected chi connectivity index (χ1v) is 12.8. The van der Waals surface area contributed by atoms with Crippen LogP contribution >= 0.6 is 0 Å². The van der Waals surface area contributed by atoms with E-state index in [1.165, 1.54) is 4.90 Å². The van der Waals surface area contributed by atoms with E-state index in [4.69, 9.17) is 4.74 Å². The van der Waals surface area contributed by atoms with Crippen LogP contribution in [0.25, 0.3) is 0 Å². The molecule has 3 atom stereocenters. The third-order valence-corrected chi connectivity index (χ3v) is 7.94. The summed E-state index contributed by atoms with van der Waals surface area (Å²) in [6.07, 6.45) is 0.286. The summed E-state index contributed by atoms with van der Waals surface area (Å²) in [5, 5.41) is 0. The van der Waals surface area contributed by atoms with Crippen LogP contribution in [-0.2, 0) is 23.9 Å². The molecule has 0 aromatic heterocycles. The number of carbonyl (C=O) groups excluding carboxylic acids is 4. The Labute approximate surface area is 212 Å². The molecule has 36 heavy (non-hydrogen) atoms. The highest BCUT2D eigenvalue weighted by molar-refractivity contribution is 6.10. The van der Waals surface area contributed by atoms with Crippen LogP contribution in [0.3, 0.4) is 0 Å². The van der Waals surface area contributed by atoms with Gasteiger partial charge >= 0.3 is 5.97 Å². The molecule has 2 bridgehead atoms. The normalized spacial score (nSPS) is 24.9. The van der Waals surface area contributed by atoms with E-state index in [0.29, 0.717) is 0 Å². The van der Waals surface area contributed by atoms with Crippen molar-refractivity contribution in [3.63, 3.8) is 0 Å². The molecule has 2 amide bonds. The maximum absolute atomic E-state index is 14.0. The first-order valence-electron chi connectivity index (χ1n) is 12.8. The molecular weight excluding hydrogens is 454 g/mol. The number of ketones is 1. The van der Waals surface area contributed by atoms with Gasteiger partial charge in [0.05, 0.1) is 11.8 Å². The number of carbonyl (C=O) groups is 4. The number of nitrogens with zero attached hydrogens (tertiary/aromatic N) is 1. The van der Waals surface area contributed by atoms with Gasteiger partial charge in [0.2, 0.25) is 11.8 Å². The van der Waals surface area contributed by atoms with Crippen LogP contribution in [0.4, 0.5) is 0 Å². The molecule has 6 heteroatoms. The molecule has 2 aromatic carbocycles. The second kappa shape index (κ2) is 8.68. The second-order valence-electron chi connectivity index (χ2n) is 11.7. The average Bonchev–Trinajstić information content (AvgIpc) is 3.10. The molecule has 0 radical (unpaired) electrons. The zero-order valence-corrected chi connectivity index (χ0v) is 21.5. The Morgan fingerprint density at radius 2 is 1.25 bits per heavy atom. The molecule has 2 aromatic rings. The van der Waals surface area contributed by atoms with Gasteiger partial charge < -0.3 is 4.74 Å². The Morgan fingerprint density at radius 1 is 0.833 bits per heavy atom. The van der Waals surface area contributed by atoms with Crippen molar-refractivity contribution in [1.82, 2.24) is 4.90 Å². The van der Waals surface area contributed by atoms with E-state index in [9.17, 15) is 19.2 Å². The summed E-state index contributed by atoms with van der Waals surface area (Å²) < 4.78 is 5.41. The number of rotatable bonds is 6. The second-order valence-corrected chi connectivity index (χ2v) is 11.7. The maximum Gasteiger partial charge on any atom is 0.329 e. The molecule has 1 saturated heterocycles. The van der Waals surface area contributed by atoms with Crippen molar-refractivity contribution in [1.29, 1.82) is 0 Å². The lowest BCUT2D eigenvalue weighted by molar-refractivity contribution is -0.161. The zero-order valence-electron chi connectivity index (χ0n) is 21.5. The molecule has 6 rings (SSSR count). The maximum atomic E-state index is 14.0. The molecule has 188 valence electrons. The predicted molar refractivity (Wildman–Crippen MR) is 134 cm³/mol. The first-order chi connectivity index (χ1) is 17.0. The van der Waals surface area contributed by atoms with Crippen LogP contribution in [0.1, 0.15) is 75.1 Å². The minimum atomic E-state index is -1.05. The van der Waals surface area contributed by atoms with E-state index < -0.39 is 29.3 Å². The van der Waals surface area contributed by atoms with E-state index in [-0.39, 0.29) is 48.4 Å². The van der Waals surface area contributed by atoms with Gasteiger partial charge in [-0.15, -0.1) is 0 Å². The lowest BCUT2D eigenvalue weighted by atomic mass is 9.55. The number of amides is 2. The number of ether oxygens (including phenoxy) is 1. The number of imide groups is 1. The molecule has 1 fully saturated rings. The van der Waals surface area contributed by atoms with Crippen molar-refractivity contribution >= 4 is 23.6 Å². The smallest absolute Gasteiger partial charge is 0.329 e. The summed E-state index contributed by atoms with van der Waals surface area (Å²) in [5.74, 6) is -3.05. The summed E-state index contributed by atoms with van der Waals surface area (Å²) >= 11 is 0. The van der Waals surface area contributed by atoms with Crippen LogP contribution in [0.2, 0.25) is 0 Å². The average molecular weight is 488 g/mol. The summed E-state index contributed by atoms with van der Waals surface area (Å²) in [5.41, 5.74) is 3.69. The SMILES string of the molecule is CC(C)C[C@H](C(=O)OCC(=O)C(C)(C)C)N1C(=O)[C@H]2C3c4ccccc4C(c4ccccc43)[C@@H]2C1=O. The van der Waals surface area contributed by atoms with E-state index >= 15 is 0 Å². The number of esters is 1. The summed E-state index contributed by atoms with van der Waals surface area (Å²) in [7, 11) is 0. The van der Waals surface area contributed by atoms with Crippen molar-refractivity contribution in [2.24, 2.45) is 23.2 Å². The molecule has 1 heterocycles. The van der Waals surface area contributed by atoms with Gasteiger partial charge in [0.25, 0.3) is 0 Å². The number of benzene rings is 2. The number of Topliss-reactive ketones (excluding diaryl/α,β-unsaturated/α-hetero) is 1. The fourth-order valence-corrected chi connectivity index (χ4v) is 6.21. The third-order valence-electron chi connectivity index (χ3n) is 7.94. The quantitative estimate of drug-likeness (QED) is 0.444. The Kier molecular flexibility index (Phi) is 5.89.